The Morgan fingerprint density at radius 3 is 2.64 bits per heavy atom. The molecule has 0 aliphatic carbocycles. The third kappa shape index (κ3) is 3.95. The molecule has 0 atom stereocenters. The van der Waals surface area contributed by atoms with E-state index in [2.05, 4.69) is 10.1 Å². The van der Waals surface area contributed by atoms with Crippen LogP contribution in [0.1, 0.15) is 24.3 Å². The Bertz CT molecular complexity index is 1030. The van der Waals surface area contributed by atoms with Crippen LogP contribution in [0.15, 0.2) is 29.4 Å². The van der Waals surface area contributed by atoms with Gasteiger partial charge < -0.3 is 18.8 Å². The van der Waals surface area contributed by atoms with Crippen LogP contribution in [0.2, 0.25) is 0 Å². The van der Waals surface area contributed by atoms with Crippen LogP contribution in [0.3, 0.4) is 0 Å². The minimum Gasteiger partial charge on any atom is -0.493 e. The topological polar surface area (TPSA) is 79.9 Å². The average Bonchev–Trinajstić information content (AvgIpc) is 3.31. The first-order valence-corrected chi connectivity index (χ1v) is 9.88. The number of aromatic nitrogens is 3. The number of carbonyl (C=O) groups is 1. The van der Waals surface area contributed by atoms with Gasteiger partial charge in [0.05, 0.1) is 31.0 Å². The van der Waals surface area contributed by atoms with Gasteiger partial charge in [0.25, 0.3) is 5.91 Å². The minimum atomic E-state index is -0.324. The zero-order valence-electron chi connectivity index (χ0n) is 16.5. The number of hydrogen-bond donors (Lipinski definition) is 0. The Labute approximate surface area is 167 Å². The van der Waals surface area contributed by atoms with Gasteiger partial charge in [-0.15, -0.1) is 0 Å². The average molecular weight is 404 g/mol. The number of methoxy groups -OCH3 is 2. The van der Waals surface area contributed by atoms with Gasteiger partial charge in [-0.2, -0.15) is 10.1 Å². The van der Waals surface area contributed by atoms with Gasteiger partial charge in [-0.3, -0.25) is 9.48 Å². The first-order chi connectivity index (χ1) is 13.6. The molecular formula is C19H24N4O4S. The Balaban J connectivity index is 2.13. The monoisotopic (exact) mass is 404 g/mol. The Morgan fingerprint density at radius 2 is 1.96 bits per heavy atom. The highest BCUT2D eigenvalue weighted by atomic mass is 32.1. The van der Waals surface area contributed by atoms with E-state index in [1.54, 1.807) is 31.2 Å². The van der Waals surface area contributed by atoms with Crippen molar-refractivity contribution in [3.8, 4) is 11.5 Å². The first-order valence-electron chi connectivity index (χ1n) is 9.06. The van der Waals surface area contributed by atoms with Crippen molar-refractivity contribution in [1.29, 1.82) is 0 Å². The van der Waals surface area contributed by atoms with Crippen LogP contribution < -0.4 is 14.3 Å². The van der Waals surface area contributed by atoms with E-state index in [1.165, 1.54) is 11.3 Å². The fourth-order valence-corrected chi connectivity index (χ4v) is 3.97. The van der Waals surface area contributed by atoms with Crippen LogP contribution in [0.5, 0.6) is 11.5 Å². The number of rotatable bonds is 8. The number of amides is 1. The fraction of sp³-hybridized carbons (Fsp3) is 0.421. The highest BCUT2D eigenvalue weighted by Crippen LogP contribution is 2.33. The molecule has 9 heteroatoms. The molecule has 0 saturated heterocycles. The van der Waals surface area contributed by atoms with E-state index in [4.69, 9.17) is 14.2 Å². The quantitative estimate of drug-likeness (QED) is 0.540. The van der Waals surface area contributed by atoms with Crippen molar-refractivity contribution in [1.82, 2.24) is 14.3 Å². The van der Waals surface area contributed by atoms with E-state index >= 15 is 0 Å². The lowest BCUT2D eigenvalue weighted by atomic mass is 10.3. The van der Waals surface area contributed by atoms with Gasteiger partial charge in [0, 0.05) is 38.0 Å². The summed E-state index contributed by atoms with van der Waals surface area (Å²) in [6.45, 7) is 6.21. The maximum absolute atomic E-state index is 12.7. The maximum atomic E-state index is 12.7. The van der Waals surface area contributed by atoms with Crippen LogP contribution in [0.25, 0.3) is 10.2 Å². The number of benzene rings is 1. The number of carbonyl (C=O) groups excluding carboxylic acids is 1. The zero-order chi connectivity index (χ0) is 20.1. The molecule has 0 spiro atoms. The second-order valence-corrected chi connectivity index (χ2v) is 6.87. The van der Waals surface area contributed by atoms with Gasteiger partial charge in [-0.25, -0.2) is 0 Å². The Hall–Kier alpha value is -2.65. The molecule has 3 aromatic rings. The summed E-state index contributed by atoms with van der Waals surface area (Å²) in [6.07, 6.45) is 1.61. The van der Waals surface area contributed by atoms with Crippen molar-refractivity contribution < 1.29 is 19.0 Å². The largest absolute Gasteiger partial charge is 0.493 e. The number of nitrogens with zero attached hydrogens (tertiary/aromatic N) is 4. The summed E-state index contributed by atoms with van der Waals surface area (Å²) in [5.74, 6) is 0.935. The van der Waals surface area contributed by atoms with E-state index in [9.17, 15) is 4.79 Å². The lowest BCUT2D eigenvalue weighted by molar-refractivity contribution is 0.0986. The van der Waals surface area contributed by atoms with Gasteiger partial charge in [0.15, 0.2) is 16.3 Å². The molecule has 1 amide bonds. The second kappa shape index (κ2) is 9.03. The molecule has 8 nitrogen and oxygen atoms in total. The van der Waals surface area contributed by atoms with Gasteiger partial charge in [-0.1, -0.05) is 11.3 Å². The standard InChI is InChI=1S/C19H24N4O4S/c1-5-23-13(7-8-20-23)18(24)21-19-22(9-10-27-6-2)14-11-15(25-3)16(26-4)12-17(14)28-19/h7-8,11-12H,5-6,9-10H2,1-4H3. The normalized spacial score (nSPS) is 11.9. The van der Waals surface area contributed by atoms with E-state index in [0.717, 1.165) is 10.2 Å². The molecule has 0 aliphatic rings. The molecule has 2 aromatic heterocycles. The first kappa shape index (κ1) is 20.1. The summed E-state index contributed by atoms with van der Waals surface area (Å²) in [6, 6.07) is 5.48. The minimum absolute atomic E-state index is 0.324. The van der Waals surface area contributed by atoms with Crippen LogP contribution in [-0.4, -0.2) is 47.7 Å². The SMILES string of the molecule is CCOCCn1c(=NC(=O)c2ccnn2CC)sc2cc(OC)c(OC)cc21. The highest BCUT2D eigenvalue weighted by Gasteiger charge is 2.15. The van der Waals surface area contributed by atoms with Gasteiger partial charge in [0.2, 0.25) is 0 Å². The summed E-state index contributed by atoms with van der Waals surface area (Å²) in [7, 11) is 3.20. The van der Waals surface area contributed by atoms with Crippen LogP contribution >= 0.6 is 11.3 Å². The Kier molecular flexibility index (Phi) is 6.48. The summed E-state index contributed by atoms with van der Waals surface area (Å²) in [5, 5.41) is 4.15. The Morgan fingerprint density at radius 1 is 1.21 bits per heavy atom. The van der Waals surface area contributed by atoms with Gasteiger partial charge >= 0.3 is 0 Å². The lowest BCUT2D eigenvalue weighted by Gasteiger charge is -2.09. The molecule has 0 N–H and O–H groups in total. The molecule has 0 aliphatic heterocycles. The van der Waals surface area contributed by atoms with Gasteiger partial charge in [0.1, 0.15) is 5.69 Å². The molecule has 0 saturated carbocycles. The summed E-state index contributed by atoms with van der Waals surface area (Å²) < 4.78 is 20.9. The predicted octanol–water partition coefficient (Wildman–Crippen LogP) is 2.71. The lowest BCUT2D eigenvalue weighted by Crippen LogP contribution is -2.20. The molecule has 0 radical (unpaired) electrons. The van der Waals surface area contributed by atoms with Crippen molar-refractivity contribution in [2.24, 2.45) is 4.99 Å². The maximum Gasteiger partial charge on any atom is 0.297 e. The number of fused-ring (bicyclic) bond motifs is 1. The molecule has 0 bridgehead atoms. The number of aryl methyl sites for hydroxylation is 1. The molecule has 0 fully saturated rings. The molecule has 150 valence electrons. The van der Waals surface area contributed by atoms with E-state index in [-0.39, 0.29) is 5.91 Å². The van der Waals surface area contributed by atoms with E-state index in [1.807, 2.05) is 30.5 Å². The summed E-state index contributed by atoms with van der Waals surface area (Å²) in [4.78, 5) is 17.7. The second-order valence-electron chi connectivity index (χ2n) is 5.86. The number of hydrogen-bond acceptors (Lipinski definition) is 6. The van der Waals surface area contributed by atoms with Crippen molar-refractivity contribution in [3.05, 3.63) is 34.9 Å². The zero-order valence-corrected chi connectivity index (χ0v) is 17.3. The fourth-order valence-electron chi connectivity index (χ4n) is 2.91. The van der Waals surface area contributed by atoms with E-state index in [0.29, 0.717) is 48.3 Å². The van der Waals surface area contributed by atoms with E-state index < -0.39 is 0 Å². The molecule has 0 unspecified atom stereocenters. The van der Waals surface area contributed by atoms with Crippen molar-refractivity contribution in [2.45, 2.75) is 26.9 Å². The summed E-state index contributed by atoms with van der Waals surface area (Å²) in [5.41, 5.74) is 1.38. The van der Waals surface area contributed by atoms with Crippen LogP contribution in [0.4, 0.5) is 0 Å². The third-order valence-corrected chi connectivity index (χ3v) is 5.32. The summed E-state index contributed by atoms with van der Waals surface area (Å²) >= 11 is 1.42. The predicted molar refractivity (Wildman–Crippen MR) is 107 cm³/mol. The van der Waals surface area contributed by atoms with Crippen molar-refractivity contribution >= 4 is 27.5 Å². The molecule has 1 aromatic carbocycles. The number of thiazole rings is 1. The highest BCUT2D eigenvalue weighted by molar-refractivity contribution is 7.16. The molecule has 2 heterocycles. The molecule has 28 heavy (non-hydrogen) atoms. The third-order valence-electron chi connectivity index (χ3n) is 4.28. The van der Waals surface area contributed by atoms with Crippen LogP contribution in [-0.2, 0) is 17.8 Å². The molecular weight excluding hydrogens is 380 g/mol. The number of ether oxygens (including phenoxy) is 3. The van der Waals surface area contributed by atoms with Gasteiger partial charge in [-0.05, 0) is 19.9 Å². The van der Waals surface area contributed by atoms with Crippen molar-refractivity contribution in [2.75, 3.05) is 27.4 Å². The van der Waals surface area contributed by atoms with Crippen LogP contribution in [0, 0.1) is 0 Å². The van der Waals surface area contributed by atoms with Crippen molar-refractivity contribution in [3.63, 3.8) is 0 Å². The smallest absolute Gasteiger partial charge is 0.297 e. The molecule has 3 rings (SSSR count).